The van der Waals surface area contributed by atoms with Gasteiger partial charge in [0, 0.05) is 33.2 Å². The summed E-state index contributed by atoms with van der Waals surface area (Å²) in [6.45, 7) is 6.36. The molecule has 0 amide bonds. The van der Waals surface area contributed by atoms with E-state index in [0.717, 1.165) is 39.6 Å². The molecular formula is C42H33N3O. The lowest BCUT2D eigenvalue weighted by atomic mass is 9.88. The van der Waals surface area contributed by atoms with Gasteiger partial charge in [0.2, 0.25) is 0 Å². The largest absolute Gasteiger partial charge is 0.485 e. The van der Waals surface area contributed by atoms with Crippen LogP contribution in [-0.4, -0.2) is 20.2 Å². The number of para-hydroxylation sites is 2. The summed E-state index contributed by atoms with van der Waals surface area (Å²) in [6, 6.07) is 37.3. The molecule has 4 heteroatoms. The first-order chi connectivity index (χ1) is 22.6. The Bertz CT molecular complexity index is 2450. The van der Waals surface area contributed by atoms with Crippen LogP contribution in [0.25, 0.3) is 60.7 Å². The number of ether oxygens (including phenoxy) is 1. The van der Waals surface area contributed by atoms with Crippen LogP contribution in [0.3, 0.4) is 0 Å². The highest BCUT2D eigenvalue weighted by molar-refractivity contribution is 6.12. The molecule has 3 aromatic heterocycles. The molecule has 0 N–H and O–H groups in total. The number of fused-ring (bicyclic) bond motifs is 7. The number of aromatic nitrogens is 3. The third-order valence-electron chi connectivity index (χ3n) is 9.65. The van der Waals surface area contributed by atoms with Crippen LogP contribution in [-0.2, 0) is 4.74 Å². The van der Waals surface area contributed by atoms with Gasteiger partial charge in [-0.1, -0.05) is 72.3 Å². The van der Waals surface area contributed by atoms with E-state index in [4.69, 9.17) is 9.72 Å². The molecule has 1 aliphatic heterocycles. The molecule has 2 unspecified atom stereocenters. The number of rotatable bonds is 4. The van der Waals surface area contributed by atoms with Gasteiger partial charge in [0.25, 0.3) is 0 Å². The Morgan fingerprint density at radius 2 is 1.39 bits per heavy atom. The maximum Gasteiger partial charge on any atom is 0.138 e. The summed E-state index contributed by atoms with van der Waals surface area (Å²) in [5.41, 5.74) is 10.5. The third-order valence-corrected chi connectivity index (χ3v) is 9.65. The van der Waals surface area contributed by atoms with Crippen molar-refractivity contribution >= 4 is 49.2 Å². The molecule has 7 aromatic rings. The molecule has 46 heavy (non-hydrogen) atoms. The quantitative estimate of drug-likeness (QED) is 0.203. The number of pyridine rings is 1. The topological polar surface area (TPSA) is 32.0 Å². The number of hydrogen-bond acceptors (Lipinski definition) is 2. The van der Waals surface area contributed by atoms with Gasteiger partial charge in [0.15, 0.2) is 0 Å². The van der Waals surface area contributed by atoms with Crippen molar-refractivity contribution in [2.45, 2.75) is 26.9 Å². The maximum atomic E-state index is 6.21. The lowest BCUT2D eigenvalue weighted by Crippen LogP contribution is -2.17. The Balaban J connectivity index is 1.21. The molecule has 4 nitrogen and oxygen atoms in total. The smallest absolute Gasteiger partial charge is 0.138 e. The summed E-state index contributed by atoms with van der Waals surface area (Å²) in [5.74, 6) is 2.10. The SMILES string of the molecule is C/C=C\C1=C(C)C2C=C(c3cccc(-n4c5ccc(C)cc5c5cc(-n6c7ccccc7c7ccccc76)ccc54)n3)C=CC2O1. The van der Waals surface area contributed by atoms with E-state index < -0.39 is 0 Å². The van der Waals surface area contributed by atoms with E-state index in [-0.39, 0.29) is 12.0 Å². The highest BCUT2D eigenvalue weighted by atomic mass is 16.5. The van der Waals surface area contributed by atoms with E-state index in [1.165, 1.54) is 43.7 Å². The summed E-state index contributed by atoms with van der Waals surface area (Å²) in [7, 11) is 0. The van der Waals surface area contributed by atoms with E-state index >= 15 is 0 Å². The van der Waals surface area contributed by atoms with Crippen LogP contribution in [0.1, 0.15) is 25.1 Å². The minimum Gasteiger partial charge on any atom is -0.485 e. The molecule has 1 aliphatic carbocycles. The Morgan fingerprint density at radius 3 is 2.15 bits per heavy atom. The Labute approximate surface area is 267 Å². The molecule has 0 fully saturated rings. The van der Waals surface area contributed by atoms with Crippen LogP contribution in [0, 0.1) is 12.8 Å². The molecule has 0 saturated carbocycles. The second kappa shape index (κ2) is 10.2. The summed E-state index contributed by atoms with van der Waals surface area (Å²) in [5, 5.41) is 4.97. The molecule has 0 saturated heterocycles. The predicted octanol–water partition coefficient (Wildman–Crippen LogP) is 10.4. The van der Waals surface area contributed by atoms with Crippen molar-refractivity contribution in [1.29, 1.82) is 0 Å². The average Bonchev–Trinajstić information content (AvgIpc) is 3.71. The number of benzene rings is 4. The van der Waals surface area contributed by atoms with E-state index in [1.54, 1.807) is 0 Å². The van der Waals surface area contributed by atoms with E-state index in [1.807, 2.05) is 13.0 Å². The normalized spacial score (nSPS) is 17.9. The first kappa shape index (κ1) is 26.8. The minimum atomic E-state index is 0.0439. The van der Waals surface area contributed by atoms with Gasteiger partial charge in [-0.25, -0.2) is 4.98 Å². The molecule has 0 radical (unpaired) electrons. The van der Waals surface area contributed by atoms with Gasteiger partial charge in [-0.3, -0.25) is 4.57 Å². The number of aryl methyl sites for hydroxylation is 1. The fourth-order valence-corrected chi connectivity index (χ4v) is 7.46. The van der Waals surface area contributed by atoms with Gasteiger partial charge >= 0.3 is 0 Å². The van der Waals surface area contributed by atoms with Crippen LogP contribution in [0.4, 0.5) is 0 Å². The first-order valence-corrected chi connectivity index (χ1v) is 16.0. The fourth-order valence-electron chi connectivity index (χ4n) is 7.46. The molecule has 0 bridgehead atoms. The first-order valence-electron chi connectivity index (χ1n) is 16.0. The Kier molecular flexibility index (Phi) is 5.94. The van der Waals surface area contributed by atoms with E-state index in [9.17, 15) is 0 Å². The summed E-state index contributed by atoms with van der Waals surface area (Å²) in [6.07, 6.45) is 10.8. The molecule has 2 aliphatic rings. The molecule has 4 heterocycles. The number of nitrogens with zero attached hydrogens (tertiary/aromatic N) is 3. The zero-order valence-corrected chi connectivity index (χ0v) is 26.1. The molecule has 4 aromatic carbocycles. The van der Waals surface area contributed by atoms with Crippen molar-refractivity contribution in [3.63, 3.8) is 0 Å². The average molecular weight is 596 g/mol. The zero-order chi connectivity index (χ0) is 30.9. The van der Waals surface area contributed by atoms with Gasteiger partial charge in [-0.05, 0) is 98.7 Å². The lowest BCUT2D eigenvalue weighted by molar-refractivity contribution is 0.174. The van der Waals surface area contributed by atoms with Crippen molar-refractivity contribution in [1.82, 2.24) is 14.1 Å². The third kappa shape index (κ3) is 3.96. The van der Waals surface area contributed by atoms with Crippen LogP contribution < -0.4 is 0 Å². The van der Waals surface area contributed by atoms with Crippen LogP contribution in [0.5, 0.6) is 0 Å². The van der Waals surface area contributed by atoms with Crippen molar-refractivity contribution in [2.24, 2.45) is 5.92 Å². The maximum absolute atomic E-state index is 6.21. The number of allylic oxidation sites excluding steroid dienone is 4. The van der Waals surface area contributed by atoms with Gasteiger partial charge in [0.05, 0.1) is 27.8 Å². The van der Waals surface area contributed by atoms with Gasteiger partial charge < -0.3 is 9.30 Å². The summed E-state index contributed by atoms with van der Waals surface area (Å²) < 4.78 is 10.9. The van der Waals surface area contributed by atoms with Crippen molar-refractivity contribution in [3.8, 4) is 11.5 Å². The van der Waals surface area contributed by atoms with E-state index in [0.29, 0.717) is 0 Å². The van der Waals surface area contributed by atoms with Crippen molar-refractivity contribution < 1.29 is 4.74 Å². The van der Waals surface area contributed by atoms with Crippen LogP contribution in [0.15, 0.2) is 145 Å². The molecule has 222 valence electrons. The second-order valence-electron chi connectivity index (χ2n) is 12.4. The molecule has 2 atom stereocenters. The highest BCUT2D eigenvalue weighted by Gasteiger charge is 2.32. The lowest BCUT2D eigenvalue weighted by Gasteiger charge is -2.20. The summed E-state index contributed by atoms with van der Waals surface area (Å²) in [4.78, 5) is 5.28. The molecular weight excluding hydrogens is 562 g/mol. The van der Waals surface area contributed by atoms with Crippen molar-refractivity contribution in [3.05, 3.63) is 156 Å². The summed E-state index contributed by atoms with van der Waals surface area (Å²) >= 11 is 0. The van der Waals surface area contributed by atoms with E-state index in [2.05, 4.69) is 150 Å². The molecule has 0 spiro atoms. The number of hydrogen-bond donors (Lipinski definition) is 0. The van der Waals surface area contributed by atoms with Gasteiger partial charge in [-0.2, -0.15) is 0 Å². The fraction of sp³-hybridized carbons (Fsp3) is 0.119. The van der Waals surface area contributed by atoms with Crippen LogP contribution >= 0.6 is 0 Å². The van der Waals surface area contributed by atoms with Gasteiger partial charge in [-0.15, -0.1) is 0 Å². The second-order valence-corrected chi connectivity index (χ2v) is 12.4. The minimum absolute atomic E-state index is 0.0439. The monoisotopic (exact) mass is 595 g/mol. The predicted molar refractivity (Wildman–Crippen MR) is 191 cm³/mol. The standard InChI is InChI=1S/C42H33N3O/c1-4-10-40-27(3)32-24-28(18-22-41(32)46-40)35-13-9-16-42(43-35)45-38-20-17-26(2)23-33(38)34-25-29(19-21-39(34)45)44-36-14-7-5-11-30(36)31-12-6-8-15-37(31)44/h4-25,32,41H,1-3H3/b10-4-. The van der Waals surface area contributed by atoms with Crippen LogP contribution in [0.2, 0.25) is 0 Å². The van der Waals surface area contributed by atoms with Gasteiger partial charge in [0.1, 0.15) is 17.7 Å². The Hall–Kier alpha value is -5.61. The van der Waals surface area contributed by atoms with Crippen molar-refractivity contribution in [2.75, 3.05) is 0 Å². The Morgan fingerprint density at radius 1 is 0.696 bits per heavy atom. The molecule has 9 rings (SSSR count). The zero-order valence-electron chi connectivity index (χ0n) is 26.1. The highest BCUT2D eigenvalue weighted by Crippen LogP contribution is 2.40.